The Morgan fingerprint density at radius 3 is 2.33 bits per heavy atom. The Hall–Kier alpha value is -1.09. The highest BCUT2D eigenvalue weighted by atomic mass is 15.2. The van der Waals surface area contributed by atoms with Crippen LogP contribution in [0.3, 0.4) is 0 Å². The summed E-state index contributed by atoms with van der Waals surface area (Å²) in [6.07, 6.45) is 5.53. The Morgan fingerprint density at radius 2 is 1.86 bits per heavy atom. The van der Waals surface area contributed by atoms with Gasteiger partial charge in [0.05, 0.1) is 0 Å². The molecule has 1 rings (SSSR count). The van der Waals surface area contributed by atoms with E-state index in [1.807, 2.05) is 6.20 Å². The molecule has 0 aliphatic rings. The Kier molecular flexibility index (Phi) is 8.36. The molecule has 0 bridgehead atoms. The molecule has 3 heteroatoms. The molecule has 1 aromatic rings. The zero-order chi connectivity index (χ0) is 15.7. The molecule has 1 heterocycles. The fourth-order valence-electron chi connectivity index (χ4n) is 2.65. The number of nitrogens with zero attached hydrogens (tertiary/aromatic N) is 2. The van der Waals surface area contributed by atoms with Gasteiger partial charge in [0, 0.05) is 25.3 Å². The van der Waals surface area contributed by atoms with Crippen molar-refractivity contribution in [3.8, 4) is 0 Å². The molecule has 0 aliphatic carbocycles. The van der Waals surface area contributed by atoms with Crippen molar-refractivity contribution in [2.24, 2.45) is 5.92 Å². The van der Waals surface area contributed by atoms with E-state index in [2.05, 4.69) is 57.0 Å². The van der Waals surface area contributed by atoms with Crippen molar-refractivity contribution in [3.63, 3.8) is 0 Å². The monoisotopic (exact) mass is 291 g/mol. The van der Waals surface area contributed by atoms with E-state index in [4.69, 9.17) is 4.98 Å². The first-order chi connectivity index (χ1) is 10.1. The lowest BCUT2D eigenvalue weighted by Gasteiger charge is -2.33. The molecule has 0 spiro atoms. The number of hydrogen-bond donors (Lipinski definition) is 1. The fraction of sp³-hybridized carbons (Fsp3) is 0.722. The minimum atomic E-state index is 0.587. The second-order valence-corrected chi connectivity index (χ2v) is 6.22. The SMILES string of the molecule is CCCNCc1ccc(N(CC(C)C)C(CC)CC)nc1. The minimum Gasteiger partial charge on any atom is -0.353 e. The molecule has 0 amide bonds. The number of hydrogen-bond acceptors (Lipinski definition) is 3. The Bertz CT molecular complexity index is 369. The maximum Gasteiger partial charge on any atom is 0.128 e. The minimum absolute atomic E-state index is 0.587. The van der Waals surface area contributed by atoms with Gasteiger partial charge >= 0.3 is 0 Å². The summed E-state index contributed by atoms with van der Waals surface area (Å²) in [7, 11) is 0. The molecule has 21 heavy (non-hydrogen) atoms. The van der Waals surface area contributed by atoms with Crippen molar-refractivity contribution < 1.29 is 0 Å². The standard InChI is InChI=1S/C18H33N3/c1-6-11-19-12-16-9-10-18(20-13-16)21(14-15(4)5)17(7-2)8-3/h9-10,13,15,17,19H,6-8,11-12,14H2,1-5H3. The average Bonchev–Trinajstić information content (AvgIpc) is 2.48. The molecule has 120 valence electrons. The Morgan fingerprint density at radius 1 is 1.14 bits per heavy atom. The van der Waals surface area contributed by atoms with Crippen LogP contribution in [-0.2, 0) is 6.54 Å². The first-order valence-electron chi connectivity index (χ1n) is 8.54. The van der Waals surface area contributed by atoms with Gasteiger partial charge < -0.3 is 10.2 Å². The maximum absolute atomic E-state index is 4.71. The van der Waals surface area contributed by atoms with Crippen LogP contribution in [0.1, 0.15) is 59.4 Å². The highest BCUT2D eigenvalue weighted by Gasteiger charge is 2.17. The van der Waals surface area contributed by atoms with E-state index >= 15 is 0 Å². The van der Waals surface area contributed by atoms with Crippen LogP contribution < -0.4 is 10.2 Å². The van der Waals surface area contributed by atoms with E-state index in [1.54, 1.807) is 0 Å². The zero-order valence-electron chi connectivity index (χ0n) is 14.5. The van der Waals surface area contributed by atoms with Gasteiger partial charge in [-0.2, -0.15) is 0 Å². The van der Waals surface area contributed by atoms with Crippen molar-refractivity contribution in [3.05, 3.63) is 23.9 Å². The third-order valence-corrected chi connectivity index (χ3v) is 3.80. The first-order valence-corrected chi connectivity index (χ1v) is 8.54. The average molecular weight is 291 g/mol. The lowest BCUT2D eigenvalue weighted by atomic mass is 10.1. The van der Waals surface area contributed by atoms with Gasteiger partial charge in [-0.05, 0) is 43.4 Å². The van der Waals surface area contributed by atoms with E-state index in [0.29, 0.717) is 12.0 Å². The highest BCUT2D eigenvalue weighted by Crippen LogP contribution is 2.20. The number of pyridine rings is 1. The lowest BCUT2D eigenvalue weighted by Crippen LogP contribution is -2.38. The second-order valence-electron chi connectivity index (χ2n) is 6.22. The summed E-state index contributed by atoms with van der Waals surface area (Å²) in [6.45, 7) is 14.3. The number of rotatable bonds is 10. The molecule has 0 atom stereocenters. The highest BCUT2D eigenvalue weighted by molar-refractivity contribution is 5.40. The fourth-order valence-corrected chi connectivity index (χ4v) is 2.65. The molecule has 1 N–H and O–H groups in total. The van der Waals surface area contributed by atoms with Gasteiger partial charge in [0.25, 0.3) is 0 Å². The number of anilines is 1. The molecule has 0 aliphatic heterocycles. The van der Waals surface area contributed by atoms with E-state index in [9.17, 15) is 0 Å². The number of aromatic nitrogens is 1. The molecular weight excluding hydrogens is 258 g/mol. The Labute approximate surface area is 131 Å². The van der Waals surface area contributed by atoms with Crippen LogP contribution in [0, 0.1) is 5.92 Å². The molecule has 0 aromatic carbocycles. The summed E-state index contributed by atoms with van der Waals surface area (Å²) in [6, 6.07) is 4.98. The van der Waals surface area contributed by atoms with Crippen molar-refractivity contribution in [2.45, 2.75) is 66.5 Å². The summed E-state index contributed by atoms with van der Waals surface area (Å²) >= 11 is 0. The Balaban J connectivity index is 2.77. The summed E-state index contributed by atoms with van der Waals surface area (Å²) in [4.78, 5) is 7.19. The van der Waals surface area contributed by atoms with Gasteiger partial charge in [0.2, 0.25) is 0 Å². The van der Waals surface area contributed by atoms with E-state index in [0.717, 1.165) is 25.5 Å². The molecule has 0 fully saturated rings. The number of nitrogens with one attached hydrogen (secondary N) is 1. The third-order valence-electron chi connectivity index (χ3n) is 3.80. The van der Waals surface area contributed by atoms with Crippen LogP contribution >= 0.6 is 0 Å². The van der Waals surface area contributed by atoms with Gasteiger partial charge in [-0.3, -0.25) is 0 Å². The summed E-state index contributed by atoms with van der Waals surface area (Å²) in [5.74, 6) is 1.77. The van der Waals surface area contributed by atoms with E-state index in [-0.39, 0.29) is 0 Å². The van der Waals surface area contributed by atoms with E-state index in [1.165, 1.54) is 24.8 Å². The maximum atomic E-state index is 4.71. The van der Waals surface area contributed by atoms with Gasteiger partial charge in [-0.25, -0.2) is 4.98 Å². The summed E-state index contributed by atoms with van der Waals surface area (Å²) in [5, 5.41) is 3.42. The molecule has 0 saturated heterocycles. The second kappa shape index (κ2) is 9.78. The van der Waals surface area contributed by atoms with Crippen LogP contribution in [-0.4, -0.2) is 24.1 Å². The normalized spacial score (nSPS) is 11.4. The largest absolute Gasteiger partial charge is 0.353 e. The van der Waals surface area contributed by atoms with Gasteiger partial charge in [0.15, 0.2) is 0 Å². The van der Waals surface area contributed by atoms with Gasteiger partial charge in [-0.15, -0.1) is 0 Å². The van der Waals surface area contributed by atoms with Crippen molar-refractivity contribution in [2.75, 3.05) is 18.0 Å². The van der Waals surface area contributed by atoms with Crippen LogP contribution in [0.2, 0.25) is 0 Å². The molecule has 0 saturated carbocycles. The van der Waals surface area contributed by atoms with Crippen molar-refractivity contribution >= 4 is 5.82 Å². The van der Waals surface area contributed by atoms with Gasteiger partial charge in [0.1, 0.15) is 5.82 Å². The van der Waals surface area contributed by atoms with Crippen LogP contribution in [0.4, 0.5) is 5.82 Å². The van der Waals surface area contributed by atoms with E-state index < -0.39 is 0 Å². The predicted octanol–water partition coefficient (Wildman–Crippen LogP) is 4.23. The third kappa shape index (κ3) is 6.04. The quantitative estimate of drug-likeness (QED) is 0.654. The molecular formula is C18H33N3. The summed E-state index contributed by atoms with van der Waals surface area (Å²) in [5.41, 5.74) is 1.27. The van der Waals surface area contributed by atoms with Crippen molar-refractivity contribution in [1.29, 1.82) is 0 Å². The molecule has 3 nitrogen and oxygen atoms in total. The van der Waals surface area contributed by atoms with Crippen LogP contribution in [0.5, 0.6) is 0 Å². The topological polar surface area (TPSA) is 28.2 Å². The van der Waals surface area contributed by atoms with Crippen molar-refractivity contribution in [1.82, 2.24) is 10.3 Å². The smallest absolute Gasteiger partial charge is 0.128 e. The molecule has 0 unspecified atom stereocenters. The summed E-state index contributed by atoms with van der Waals surface area (Å²) < 4.78 is 0. The molecule has 0 radical (unpaired) electrons. The zero-order valence-corrected chi connectivity index (χ0v) is 14.5. The first kappa shape index (κ1) is 18.0. The molecule has 1 aromatic heterocycles. The van der Waals surface area contributed by atoms with Crippen LogP contribution in [0.15, 0.2) is 18.3 Å². The van der Waals surface area contributed by atoms with Gasteiger partial charge in [-0.1, -0.05) is 40.7 Å². The predicted molar refractivity (Wildman–Crippen MR) is 92.8 cm³/mol. The lowest BCUT2D eigenvalue weighted by molar-refractivity contribution is 0.503. The van der Waals surface area contributed by atoms with Crippen LogP contribution in [0.25, 0.3) is 0 Å².